The highest BCUT2D eigenvalue weighted by Crippen LogP contribution is 2.47. The predicted octanol–water partition coefficient (Wildman–Crippen LogP) is 4.73. The van der Waals surface area contributed by atoms with Gasteiger partial charge in [0.1, 0.15) is 0 Å². The minimum atomic E-state index is -1.06. The van der Waals surface area contributed by atoms with Gasteiger partial charge >= 0.3 is 0 Å². The maximum absolute atomic E-state index is 12.4. The van der Waals surface area contributed by atoms with Crippen LogP contribution in [0.1, 0.15) is 16.7 Å². The summed E-state index contributed by atoms with van der Waals surface area (Å²) in [5.74, 6) is 0. The molecule has 3 aromatic carbocycles. The Hall–Kier alpha value is -2.11. The van der Waals surface area contributed by atoms with Crippen molar-refractivity contribution in [1.29, 1.82) is 0 Å². The molecule has 0 heterocycles. The largest absolute Gasteiger partial charge is 0.328 e. The first kappa shape index (κ1) is 13.9. The summed E-state index contributed by atoms with van der Waals surface area (Å²) in [7, 11) is -1.06. The van der Waals surface area contributed by atoms with Crippen LogP contribution in [0.5, 0.6) is 0 Å². The molecule has 1 unspecified atom stereocenters. The van der Waals surface area contributed by atoms with Gasteiger partial charge in [-0.25, -0.2) is 0 Å². The second-order valence-corrected chi connectivity index (χ2v) is 6.13. The topological polar surface area (TPSA) is 17.1 Å². The van der Waals surface area contributed by atoms with E-state index in [1.807, 2.05) is 54.6 Å². The molecule has 0 fully saturated rings. The van der Waals surface area contributed by atoms with Crippen LogP contribution >= 0.6 is 8.46 Å². The van der Waals surface area contributed by atoms with E-state index >= 15 is 0 Å². The van der Waals surface area contributed by atoms with Crippen LogP contribution in [0, 0.1) is 0 Å². The monoisotopic (exact) mass is 292 g/mol. The highest BCUT2D eigenvalue weighted by atomic mass is 31.1. The van der Waals surface area contributed by atoms with Gasteiger partial charge in [-0.15, -0.1) is 0 Å². The molecule has 0 N–H and O–H groups in total. The number of rotatable bonds is 4. The zero-order chi connectivity index (χ0) is 14.5. The molecule has 1 atom stereocenters. The van der Waals surface area contributed by atoms with Crippen LogP contribution < -0.4 is 0 Å². The molecule has 0 radical (unpaired) electrons. The summed E-state index contributed by atoms with van der Waals surface area (Å²) in [4.78, 5) is 0. The first-order chi connectivity index (χ1) is 10.4. The van der Waals surface area contributed by atoms with Crippen LogP contribution in [0.4, 0.5) is 0 Å². The van der Waals surface area contributed by atoms with Crippen molar-refractivity contribution in [1.82, 2.24) is 0 Å². The SMILES string of the molecule is O=[PH2]C(c1ccccc1)(c1ccccc1)c1ccccc1. The maximum Gasteiger partial charge on any atom is 0.0934 e. The van der Waals surface area contributed by atoms with Crippen LogP contribution in [0.15, 0.2) is 91.0 Å². The standard InChI is InChI=1S/C19H17OP/c20-21-19(16-10-4-1-5-11-16,17-12-6-2-7-13-17)18-14-8-3-9-15-18/h1-15H,21H2. The predicted molar refractivity (Wildman–Crippen MR) is 89.6 cm³/mol. The minimum absolute atomic E-state index is 0.552. The van der Waals surface area contributed by atoms with Gasteiger partial charge in [0.15, 0.2) is 0 Å². The molecule has 1 nitrogen and oxygen atoms in total. The Morgan fingerprint density at radius 3 is 1.05 bits per heavy atom. The Labute approximate surface area is 126 Å². The smallest absolute Gasteiger partial charge is 0.0934 e. The Bertz CT molecular complexity index is 612. The van der Waals surface area contributed by atoms with Gasteiger partial charge in [0.2, 0.25) is 0 Å². The molecular weight excluding hydrogens is 275 g/mol. The summed E-state index contributed by atoms with van der Waals surface area (Å²) < 4.78 is 12.4. The average molecular weight is 292 g/mol. The second kappa shape index (κ2) is 6.11. The normalized spacial score (nSPS) is 11.8. The fourth-order valence-corrected chi connectivity index (χ4v) is 3.79. The molecule has 104 valence electrons. The molecule has 21 heavy (non-hydrogen) atoms. The van der Waals surface area contributed by atoms with Crippen LogP contribution in [-0.2, 0) is 9.72 Å². The quantitative estimate of drug-likeness (QED) is 0.501. The van der Waals surface area contributed by atoms with Crippen molar-refractivity contribution in [2.45, 2.75) is 5.16 Å². The molecule has 0 aliphatic heterocycles. The summed E-state index contributed by atoms with van der Waals surface area (Å²) in [5, 5.41) is -0.552. The molecule has 0 saturated heterocycles. The van der Waals surface area contributed by atoms with Crippen molar-refractivity contribution in [3.05, 3.63) is 108 Å². The molecule has 0 saturated carbocycles. The molecule has 0 aliphatic rings. The van der Waals surface area contributed by atoms with E-state index in [1.165, 1.54) is 0 Å². The van der Waals surface area contributed by atoms with Crippen molar-refractivity contribution in [3.63, 3.8) is 0 Å². The van der Waals surface area contributed by atoms with Gasteiger partial charge in [-0.05, 0) is 16.7 Å². The minimum Gasteiger partial charge on any atom is -0.328 e. The summed E-state index contributed by atoms with van der Waals surface area (Å²) in [6, 6.07) is 30.4. The zero-order valence-electron chi connectivity index (χ0n) is 11.6. The van der Waals surface area contributed by atoms with E-state index in [9.17, 15) is 4.57 Å². The summed E-state index contributed by atoms with van der Waals surface area (Å²) in [6.45, 7) is 0. The Morgan fingerprint density at radius 2 is 0.810 bits per heavy atom. The fraction of sp³-hybridized carbons (Fsp3) is 0.0526. The third-order valence-electron chi connectivity index (χ3n) is 3.86. The lowest BCUT2D eigenvalue weighted by Gasteiger charge is -2.30. The Kier molecular flexibility index (Phi) is 4.03. The third kappa shape index (κ3) is 2.46. The van der Waals surface area contributed by atoms with Crippen LogP contribution in [0.25, 0.3) is 0 Å². The van der Waals surface area contributed by atoms with E-state index in [2.05, 4.69) is 36.4 Å². The highest BCUT2D eigenvalue weighted by Gasteiger charge is 2.34. The van der Waals surface area contributed by atoms with E-state index in [0.29, 0.717) is 0 Å². The number of hydrogen-bond acceptors (Lipinski definition) is 1. The molecule has 0 spiro atoms. The fourth-order valence-electron chi connectivity index (χ4n) is 2.81. The molecule has 2 heteroatoms. The van der Waals surface area contributed by atoms with Gasteiger partial charge in [0, 0.05) is 0 Å². The molecule has 3 rings (SSSR count). The van der Waals surface area contributed by atoms with Crippen molar-refractivity contribution in [2.75, 3.05) is 0 Å². The average Bonchev–Trinajstić information content (AvgIpc) is 2.59. The second-order valence-electron chi connectivity index (χ2n) is 5.02. The van der Waals surface area contributed by atoms with Gasteiger partial charge < -0.3 is 4.57 Å². The zero-order valence-corrected chi connectivity index (χ0v) is 12.8. The van der Waals surface area contributed by atoms with Crippen LogP contribution in [0.3, 0.4) is 0 Å². The van der Waals surface area contributed by atoms with E-state index in [4.69, 9.17) is 0 Å². The highest BCUT2D eigenvalue weighted by molar-refractivity contribution is 7.26. The Morgan fingerprint density at radius 1 is 0.524 bits per heavy atom. The van der Waals surface area contributed by atoms with Gasteiger partial charge in [-0.3, -0.25) is 0 Å². The van der Waals surface area contributed by atoms with E-state index < -0.39 is 13.6 Å². The third-order valence-corrected chi connectivity index (χ3v) is 5.22. The van der Waals surface area contributed by atoms with E-state index in [0.717, 1.165) is 16.7 Å². The first-order valence-electron chi connectivity index (χ1n) is 7.01. The summed E-state index contributed by atoms with van der Waals surface area (Å²) in [6.07, 6.45) is 0. The van der Waals surface area contributed by atoms with Crippen molar-refractivity contribution in [3.8, 4) is 0 Å². The van der Waals surface area contributed by atoms with Gasteiger partial charge in [-0.1, -0.05) is 91.0 Å². The molecular formula is C19H17OP. The lowest BCUT2D eigenvalue weighted by molar-refractivity contribution is 0.586. The molecule has 0 aromatic heterocycles. The lowest BCUT2D eigenvalue weighted by atomic mass is 9.84. The van der Waals surface area contributed by atoms with Gasteiger partial charge in [0.25, 0.3) is 0 Å². The lowest BCUT2D eigenvalue weighted by Crippen LogP contribution is -2.22. The van der Waals surface area contributed by atoms with E-state index in [-0.39, 0.29) is 0 Å². The van der Waals surface area contributed by atoms with Crippen molar-refractivity contribution in [2.24, 2.45) is 0 Å². The molecule has 3 aromatic rings. The maximum atomic E-state index is 12.4. The van der Waals surface area contributed by atoms with Crippen molar-refractivity contribution < 1.29 is 4.57 Å². The van der Waals surface area contributed by atoms with E-state index in [1.54, 1.807) is 0 Å². The molecule has 0 bridgehead atoms. The Balaban J connectivity index is 2.31. The van der Waals surface area contributed by atoms with Crippen LogP contribution in [0.2, 0.25) is 0 Å². The first-order valence-corrected chi connectivity index (χ1v) is 8.06. The van der Waals surface area contributed by atoms with Crippen molar-refractivity contribution >= 4 is 8.46 Å². The molecule has 0 aliphatic carbocycles. The van der Waals surface area contributed by atoms with Crippen LogP contribution in [-0.4, -0.2) is 0 Å². The number of hydrogen-bond donors (Lipinski definition) is 0. The molecule has 0 amide bonds. The summed E-state index contributed by atoms with van der Waals surface area (Å²) >= 11 is 0. The summed E-state index contributed by atoms with van der Waals surface area (Å²) in [5.41, 5.74) is 3.23. The number of benzene rings is 3. The van der Waals surface area contributed by atoms with Gasteiger partial charge in [-0.2, -0.15) is 0 Å². The van der Waals surface area contributed by atoms with Gasteiger partial charge in [0.05, 0.1) is 13.6 Å².